The molecule has 0 spiro atoms. The summed E-state index contributed by atoms with van der Waals surface area (Å²) in [4.78, 5) is 2.46. The highest BCUT2D eigenvalue weighted by Gasteiger charge is 2.50. The SMILES string of the molecule is Brc1cccc2c3ccccc3n(C3(c4ccccc4)c4ccccc4-c4ccccc43)c12.c1ccc(-c2ccccc2N(c2ccccc2)c2cccc3c4ccccc4n(C4(c5ccccc5)c5ccccc5-c5ccccc54)c23)cc1.c1ccc(Nc2ccccc2-c2ccccc2)cc1. The molecule has 16 aromatic carbocycles. The molecule has 2 aromatic heterocycles. The molecule has 103 heavy (non-hydrogen) atoms. The predicted octanol–water partition coefficient (Wildman–Crippen LogP) is 26.2. The number of aromatic nitrogens is 2. The van der Waals surface area contributed by atoms with Crippen molar-refractivity contribution in [3.05, 3.63) is 450 Å². The van der Waals surface area contributed by atoms with Gasteiger partial charge in [0.15, 0.2) is 0 Å². The van der Waals surface area contributed by atoms with Crippen molar-refractivity contribution in [1.82, 2.24) is 9.13 Å². The Morgan fingerprint density at radius 1 is 0.252 bits per heavy atom. The quantitative estimate of drug-likeness (QED) is 0.140. The van der Waals surface area contributed by atoms with E-state index in [-0.39, 0.29) is 0 Å². The van der Waals surface area contributed by atoms with Gasteiger partial charge >= 0.3 is 0 Å². The number of benzene rings is 16. The maximum Gasteiger partial charge on any atom is 0.122 e. The fourth-order valence-corrected chi connectivity index (χ4v) is 17.2. The third-order valence-electron chi connectivity index (χ3n) is 20.8. The second-order valence-corrected chi connectivity index (χ2v) is 27.2. The fraction of sp³-hybridized carbons (Fsp3) is 0.0204. The molecule has 18 aromatic rings. The van der Waals surface area contributed by atoms with Gasteiger partial charge in [-0.05, 0) is 143 Å². The van der Waals surface area contributed by atoms with Gasteiger partial charge in [0.05, 0.1) is 33.4 Å². The van der Waals surface area contributed by atoms with E-state index >= 15 is 0 Å². The molecule has 4 nitrogen and oxygen atoms in total. The Bertz CT molecular complexity index is 6020. The van der Waals surface area contributed by atoms with Crippen LogP contribution in [0.5, 0.6) is 0 Å². The number of halogens is 1. The van der Waals surface area contributed by atoms with Gasteiger partial charge in [0.2, 0.25) is 0 Å². The van der Waals surface area contributed by atoms with Gasteiger partial charge in [0, 0.05) is 54.2 Å². The zero-order chi connectivity index (χ0) is 68.7. The molecule has 0 unspecified atom stereocenters. The Kier molecular flexibility index (Phi) is 16.2. The van der Waals surface area contributed by atoms with E-state index in [1.165, 1.54) is 122 Å². The van der Waals surface area contributed by atoms with E-state index < -0.39 is 11.1 Å². The molecular formula is C98H69BrN4. The average molecular weight is 1380 g/mol. The lowest BCUT2D eigenvalue weighted by Crippen LogP contribution is -2.36. The van der Waals surface area contributed by atoms with Crippen LogP contribution >= 0.6 is 15.9 Å². The van der Waals surface area contributed by atoms with E-state index in [1.807, 2.05) is 24.3 Å². The summed E-state index contributed by atoms with van der Waals surface area (Å²) in [6, 6.07) is 148. The van der Waals surface area contributed by atoms with Crippen LogP contribution in [0.2, 0.25) is 0 Å². The van der Waals surface area contributed by atoms with Crippen LogP contribution in [0.3, 0.4) is 0 Å². The largest absolute Gasteiger partial charge is 0.355 e. The third kappa shape index (κ3) is 10.4. The van der Waals surface area contributed by atoms with Crippen molar-refractivity contribution < 1.29 is 0 Å². The number of nitrogens with one attached hydrogen (secondary N) is 1. The lowest BCUT2D eigenvalue weighted by Gasteiger charge is -2.38. The van der Waals surface area contributed by atoms with E-state index in [1.54, 1.807) is 0 Å². The number of hydrogen-bond donors (Lipinski definition) is 1. The third-order valence-corrected chi connectivity index (χ3v) is 21.4. The molecule has 0 saturated heterocycles. The van der Waals surface area contributed by atoms with Crippen LogP contribution in [-0.4, -0.2) is 9.13 Å². The average Bonchev–Trinajstić information content (AvgIpc) is 1.53. The molecule has 2 heterocycles. The molecule has 0 radical (unpaired) electrons. The van der Waals surface area contributed by atoms with Crippen molar-refractivity contribution in [3.8, 4) is 44.5 Å². The second kappa shape index (κ2) is 26.7. The van der Waals surface area contributed by atoms with E-state index in [9.17, 15) is 0 Å². The molecule has 0 bridgehead atoms. The lowest BCUT2D eigenvalue weighted by molar-refractivity contribution is 0.563. The molecule has 2 aliphatic carbocycles. The molecular weight excluding hydrogens is 1310 g/mol. The topological polar surface area (TPSA) is 25.1 Å². The van der Waals surface area contributed by atoms with Crippen LogP contribution in [0.4, 0.5) is 28.4 Å². The number of hydrogen-bond acceptors (Lipinski definition) is 2. The molecule has 20 rings (SSSR count). The Hall–Kier alpha value is -12.8. The first kappa shape index (κ1) is 62.5. The fourth-order valence-electron chi connectivity index (χ4n) is 16.7. The molecule has 0 aliphatic heterocycles. The summed E-state index contributed by atoms with van der Waals surface area (Å²) in [6.45, 7) is 0. The molecule has 1 N–H and O–H groups in total. The Labute approximate surface area is 609 Å². The minimum Gasteiger partial charge on any atom is -0.355 e. The number of anilines is 5. The van der Waals surface area contributed by atoms with Gasteiger partial charge in [-0.15, -0.1) is 0 Å². The van der Waals surface area contributed by atoms with Crippen molar-refractivity contribution in [2.75, 3.05) is 10.2 Å². The first-order valence-corrected chi connectivity index (χ1v) is 36.1. The van der Waals surface area contributed by atoms with Gasteiger partial charge in [0.1, 0.15) is 11.1 Å². The second-order valence-electron chi connectivity index (χ2n) is 26.3. The van der Waals surface area contributed by atoms with Crippen LogP contribution in [0.25, 0.3) is 88.1 Å². The van der Waals surface area contributed by atoms with Gasteiger partial charge in [-0.25, -0.2) is 0 Å². The van der Waals surface area contributed by atoms with Crippen LogP contribution in [0.15, 0.2) is 417 Å². The highest BCUT2D eigenvalue weighted by Crippen LogP contribution is 2.59. The van der Waals surface area contributed by atoms with Crippen molar-refractivity contribution >= 4 is 88.0 Å². The summed E-state index contributed by atoms with van der Waals surface area (Å²) in [6.07, 6.45) is 0. The summed E-state index contributed by atoms with van der Waals surface area (Å²) in [5.74, 6) is 0. The van der Waals surface area contributed by atoms with Crippen molar-refractivity contribution in [2.45, 2.75) is 11.1 Å². The standard InChI is InChI=1S/C49H34N2.C31H20BrN.C18H15N/c1-4-19-35(20-5-1)38-25-12-16-32-45(38)50(37-23-8-3-9-24-37)47-34-18-29-42-41-28-13-17-33-46(41)51(48(42)47)49(36-21-6-2-7-22-36)43-30-14-10-26-39(43)40-27-11-15-31-44(40)49;32-28-19-10-16-25-24-15-6-9-20-29(24)33(30(25)28)31(21-11-2-1-3-12-21)26-17-7-4-13-22(26)23-14-5-8-18-27(23)31;1-3-9-15(10-4-1)17-13-7-8-14-18(17)19-16-11-5-2-6-12-16/h1-34H;1-20H;1-14,19H. The van der Waals surface area contributed by atoms with Crippen LogP contribution in [0, 0.1) is 0 Å². The van der Waals surface area contributed by atoms with Crippen molar-refractivity contribution in [2.24, 2.45) is 0 Å². The summed E-state index contributed by atoms with van der Waals surface area (Å²) >= 11 is 3.93. The maximum atomic E-state index is 3.93. The van der Waals surface area contributed by atoms with E-state index in [4.69, 9.17) is 0 Å². The molecule has 488 valence electrons. The first-order chi connectivity index (χ1) is 51.1. The maximum absolute atomic E-state index is 3.93. The number of nitrogens with zero attached hydrogens (tertiary/aromatic N) is 3. The minimum absolute atomic E-state index is 0.486. The van der Waals surface area contributed by atoms with Gasteiger partial charge in [-0.1, -0.05) is 352 Å². The van der Waals surface area contributed by atoms with E-state index in [0.717, 1.165) is 32.9 Å². The van der Waals surface area contributed by atoms with Crippen LogP contribution < -0.4 is 10.2 Å². The highest BCUT2D eigenvalue weighted by molar-refractivity contribution is 9.10. The smallest absolute Gasteiger partial charge is 0.122 e. The monoisotopic (exact) mass is 1380 g/mol. The van der Waals surface area contributed by atoms with Gasteiger partial charge in [0.25, 0.3) is 0 Å². The number of fused-ring (bicyclic) bond motifs is 12. The Morgan fingerprint density at radius 3 is 1.10 bits per heavy atom. The molecule has 0 saturated carbocycles. The van der Waals surface area contributed by atoms with Crippen LogP contribution in [-0.2, 0) is 11.1 Å². The Balaban J connectivity index is 0.000000124. The zero-order valence-electron chi connectivity index (χ0n) is 56.5. The van der Waals surface area contributed by atoms with Gasteiger partial charge in [-0.2, -0.15) is 0 Å². The molecule has 0 amide bonds. The van der Waals surface area contributed by atoms with Crippen molar-refractivity contribution in [3.63, 3.8) is 0 Å². The predicted molar refractivity (Wildman–Crippen MR) is 436 cm³/mol. The van der Waals surface area contributed by atoms with E-state index in [2.05, 4.69) is 424 Å². The summed E-state index contributed by atoms with van der Waals surface area (Å²) in [5.41, 5.74) is 26.9. The van der Waals surface area contributed by atoms with Crippen molar-refractivity contribution in [1.29, 1.82) is 0 Å². The number of para-hydroxylation sites is 8. The van der Waals surface area contributed by atoms with Gasteiger partial charge in [-0.3, -0.25) is 0 Å². The molecule has 5 heteroatoms. The molecule has 2 aliphatic rings. The normalized spacial score (nSPS) is 12.7. The first-order valence-electron chi connectivity index (χ1n) is 35.3. The Morgan fingerprint density at radius 2 is 0.592 bits per heavy atom. The highest BCUT2D eigenvalue weighted by atomic mass is 79.9. The van der Waals surface area contributed by atoms with Gasteiger partial charge < -0.3 is 19.4 Å². The van der Waals surface area contributed by atoms with Crippen LogP contribution in [0.1, 0.15) is 33.4 Å². The molecule has 0 fully saturated rings. The summed E-state index contributed by atoms with van der Waals surface area (Å²) in [7, 11) is 0. The molecule has 0 atom stereocenters. The zero-order valence-corrected chi connectivity index (χ0v) is 58.1. The number of rotatable bonds is 11. The summed E-state index contributed by atoms with van der Waals surface area (Å²) < 4.78 is 6.34. The summed E-state index contributed by atoms with van der Waals surface area (Å²) in [5, 5.41) is 8.45. The lowest BCUT2D eigenvalue weighted by atomic mass is 9.80. The van der Waals surface area contributed by atoms with E-state index in [0.29, 0.717) is 0 Å². The minimum atomic E-state index is -0.646.